The molecule has 1 N–H and O–H groups in total. The fourth-order valence-corrected chi connectivity index (χ4v) is 4.40. The first-order valence-electron chi connectivity index (χ1n) is 5.03. The van der Waals surface area contributed by atoms with E-state index in [9.17, 15) is 8.42 Å². The third kappa shape index (κ3) is 2.06. The molecule has 88 valence electrons. The topological polar surface area (TPSA) is 46.2 Å². The predicted molar refractivity (Wildman–Crippen MR) is 68.0 cm³/mol. The van der Waals surface area contributed by atoms with Gasteiger partial charge in [0, 0.05) is 10.4 Å². The van der Waals surface area contributed by atoms with Gasteiger partial charge in [-0.2, -0.15) is 0 Å². The zero-order chi connectivity index (χ0) is 12.0. The number of rotatable bonds is 1. The van der Waals surface area contributed by atoms with Crippen LogP contribution in [0, 0.1) is 0 Å². The average Bonchev–Trinajstić information content (AvgIpc) is 2.14. The van der Waals surface area contributed by atoms with Gasteiger partial charge in [-0.3, -0.25) is 0 Å². The Hall–Kier alpha value is -0.680. The van der Waals surface area contributed by atoms with Crippen LogP contribution in [-0.2, 0) is 9.84 Å². The Morgan fingerprint density at radius 2 is 2.06 bits per heavy atom. The summed E-state index contributed by atoms with van der Waals surface area (Å²) in [5.41, 5.74) is 0.321. The van der Waals surface area contributed by atoms with Crippen molar-refractivity contribution in [2.45, 2.75) is 29.2 Å². The average molecular weight is 257 g/mol. The molecule has 0 amide bonds. The Bertz CT molecular complexity index is 521. The number of sulfone groups is 1. The van der Waals surface area contributed by atoms with Gasteiger partial charge in [0.15, 0.2) is 9.84 Å². The number of fused-ring (bicyclic) bond motifs is 1. The van der Waals surface area contributed by atoms with Crippen LogP contribution in [0.5, 0.6) is 0 Å². The van der Waals surface area contributed by atoms with E-state index < -0.39 is 15.4 Å². The van der Waals surface area contributed by atoms with Crippen LogP contribution in [-0.4, -0.2) is 26.0 Å². The summed E-state index contributed by atoms with van der Waals surface area (Å²) in [5.74, 6) is 0.144. The Morgan fingerprint density at radius 1 is 1.38 bits per heavy atom. The highest BCUT2D eigenvalue weighted by Crippen LogP contribution is 2.34. The molecule has 0 aliphatic carbocycles. The number of anilines is 1. The Kier molecular flexibility index (Phi) is 2.70. The Morgan fingerprint density at radius 3 is 2.69 bits per heavy atom. The minimum absolute atomic E-state index is 0.144. The van der Waals surface area contributed by atoms with Crippen LogP contribution in [0.25, 0.3) is 0 Å². The molecule has 0 spiro atoms. The number of hydrogen-bond acceptors (Lipinski definition) is 4. The molecule has 1 aliphatic heterocycles. The molecule has 0 radical (unpaired) electrons. The Balaban J connectivity index is 2.61. The van der Waals surface area contributed by atoms with E-state index >= 15 is 0 Å². The van der Waals surface area contributed by atoms with Crippen molar-refractivity contribution in [3.63, 3.8) is 0 Å². The summed E-state index contributed by atoms with van der Waals surface area (Å²) in [4.78, 5) is 1.41. The van der Waals surface area contributed by atoms with Crippen LogP contribution < -0.4 is 5.32 Å². The normalized spacial score (nSPS) is 20.9. The van der Waals surface area contributed by atoms with Crippen molar-refractivity contribution < 1.29 is 8.42 Å². The van der Waals surface area contributed by atoms with Gasteiger partial charge in [-0.15, -0.1) is 11.8 Å². The fourth-order valence-electron chi connectivity index (χ4n) is 1.94. The summed E-state index contributed by atoms with van der Waals surface area (Å²) in [6, 6.07) is 5.53. The molecule has 1 aromatic rings. The molecule has 2 rings (SSSR count). The van der Waals surface area contributed by atoms with Crippen LogP contribution in [0.2, 0.25) is 0 Å². The maximum Gasteiger partial charge on any atom is 0.182 e. The fraction of sp³-hybridized carbons (Fsp3) is 0.455. The minimum Gasteiger partial charge on any atom is -0.378 e. The predicted octanol–water partition coefficient (Wildman–Crippen LogP) is 2.39. The molecule has 0 unspecified atom stereocenters. The zero-order valence-electron chi connectivity index (χ0n) is 9.57. The van der Waals surface area contributed by atoms with Gasteiger partial charge >= 0.3 is 0 Å². The van der Waals surface area contributed by atoms with Gasteiger partial charge in [0.25, 0.3) is 0 Å². The van der Waals surface area contributed by atoms with Gasteiger partial charge in [0.05, 0.1) is 16.3 Å². The number of hydrogen-bond donors (Lipinski definition) is 1. The first-order chi connectivity index (χ1) is 7.34. The van der Waals surface area contributed by atoms with Crippen molar-refractivity contribution in [1.82, 2.24) is 0 Å². The molecule has 0 fully saturated rings. The van der Waals surface area contributed by atoms with Gasteiger partial charge in [0.1, 0.15) is 0 Å². The van der Waals surface area contributed by atoms with Crippen molar-refractivity contribution in [2.75, 3.05) is 17.3 Å². The maximum absolute atomic E-state index is 12.1. The summed E-state index contributed by atoms with van der Waals surface area (Å²) >= 11 is 1.55. The smallest absolute Gasteiger partial charge is 0.182 e. The van der Waals surface area contributed by atoms with Crippen molar-refractivity contribution in [2.24, 2.45) is 0 Å². The van der Waals surface area contributed by atoms with E-state index in [0.29, 0.717) is 10.6 Å². The highest BCUT2D eigenvalue weighted by molar-refractivity contribution is 7.98. The summed E-state index contributed by atoms with van der Waals surface area (Å²) in [6.45, 7) is 3.80. The van der Waals surface area contributed by atoms with E-state index in [2.05, 4.69) is 5.32 Å². The molecule has 5 heteroatoms. The third-order valence-electron chi connectivity index (χ3n) is 2.55. The summed E-state index contributed by atoms with van der Waals surface area (Å²) in [5, 5.41) is 3.25. The molecular formula is C11H15NO2S2. The van der Waals surface area contributed by atoms with E-state index in [1.54, 1.807) is 17.8 Å². The number of thioether (sulfide) groups is 1. The van der Waals surface area contributed by atoms with Crippen molar-refractivity contribution in [3.05, 3.63) is 18.2 Å². The van der Waals surface area contributed by atoms with Gasteiger partial charge < -0.3 is 5.32 Å². The van der Waals surface area contributed by atoms with Crippen LogP contribution in [0.1, 0.15) is 13.8 Å². The van der Waals surface area contributed by atoms with E-state index in [4.69, 9.17) is 0 Å². The third-order valence-corrected chi connectivity index (χ3v) is 5.38. The number of nitrogens with one attached hydrogen (secondary N) is 1. The molecule has 0 atom stereocenters. The molecule has 0 saturated heterocycles. The van der Waals surface area contributed by atoms with Gasteiger partial charge in [0.2, 0.25) is 0 Å². The molecule has 16 heavy (non-hydrogen) atoms. The molecule has 3 nitrogen and oxygen atoms in total. The molecule has 1 heterocycles. The maximum atomic E-state index is 12.1. The van der Waals surface area contributed by atoms with Crippen LogP contribution >= 0.6 is 11.8 Å². The lowest BCUT2D eigenvalue weighted by atomic mass is 10.1. The summed E-state index contributed by atoms with van der Waals surface area (Å²) in [6.07, 6.45) is 1.94. The largest absolute Gasteiger partial charge is 0.378 e. The first-order valence-corrected chi connectivity index (χ1v) is 7.91. The Labute approximate surface area is 101 Å². The molecule has 1 aliphatic rings. The van der Waals surface area contributed by atoms with Crippen LogP contribution in [0.15, 0.2) is 28.0 Å². The van der Waals surface area contributed by atoms with E-state index in [1.807, 2.05) is 32.2 Å². The van der Waals surface area contributed by atoms with Crippen LogP contribution in [0.4, 0.5) is 5.69 Å². The van der Waals surface area contributed by atoms with Gasteiger partial charge in [-0.1, -0.05) is 0 Å². The van der Waals surface area contributed by atoms with Crippen molar-refractivity contribution >= 4 is 27.3 Å². The first kappa shape index (κ1) is 11.8. The van der Waals surface area contributed by atoms with E-state index in [-0.39, 0.29) is 5.75 Å². The van der Waals surface area contributed by atoms with Gasteiger partial charge in [-0.05, 0) is 38.3 Å². The SMILES string of the molecule is CSc1ccc2c(c1)S(=O)(=O)CC(C)(C)N2. The molecule has 1 aromatic carbocycles. The standard InChI is InChI=1S/C11H15NO2S2/c1-11(2)7-16(13,14)10-6-8(15-3)4-5-9(10)12-11/h4-6,12H,7H2,1-3H3. The van der Waals surface area contributed by atoms with Gasteiger partial charge in [-0.25, -0.2) is 8.42 Å². The molecule has 0 saturated carbocycles. The summed E-state index contributed by atoms with van der Waals surface area (Å²) < 4.78 is 24.2. The summed E-state index contributed by atoms with van der Waals surface area (Å²) in [7, 11) is -3.16. The van der Waals surface area contributed by atoms with E-state index in [0.717, 1.165) is 4.90 Å². The highest BCUT2D eigenvalue weighted by Gasteiger charge is 2.34. The highest BCUT2D eigenvalue weighted by atomic mass is 32.2. The second-order valence-corrected chi connectivity index (χ2v) is 7.47. The van der Waals surface area contributed by atoms with Crippen molar-refractivity contribution in [3.8, 4) is 0 Å². The minimum atomic E-state index is -3.16. The number of benzene rings is 1. The van der Waals surface area contributed by atoms with Crippen LogP contribution in [0.3, 0.4) is 0 Å². The lowest BCUT2D eigenvalue weighted by Gasteiger charge is -2.33. The quantitative estimate of drug-likeness (QED) is 0.785. The second-order valence-electron chi connectivity index (χ2n) is 4.63. The molecule has 0 aromatic heterocycles. The lowest BCUT2D eigenvalue weighted by molar-refractivity contribution is 0.556. The lowest BCUT2D eigenvalue weighted by Crippen LogP contribution is -2.42. The van der Waals surface area contributed by atoms with E-state index in [1.165, 1.54) is 0 Å². The zero-order valence-corrected chi connectivity index (χ0v) is 11.2. The molecule has 0 bridgehead atoms. The monoisotopic (exact) mass is 257 g/mol. The van der Waals surface area contributed by atoms with Crippen molar-refractivity contribution in [1.29, 1.82) is 0 Å². The second kappa shape index (κ2) is 3.67. The molecular weight excluding hydrogens is 242 g/mol.